The molecule has 0 unspecified atom stereocenters. The number of Topliss-reactive ketones (excluding diaryl/α,β-unsaturated/α-hetero) is 2. The molecule has 35 heavy (non-hydrogen) atoms. The van der Waals surface area contributed by atoms with Crippen molar-refractivity contribution < 1.29 is 9.59 Å². The summed E-state index contributed by atoms with van der Waals surface area (Å²) in [5, 5.41) is 0. The Morgan fingerprint density at radius 3 is 0.800 bits per heavy atom. The van der Waals surface area contributed by atoms with Gasteiger partial charge in [0.15, 0.2) is 0 Å². The van der Waals surface area contributed by atoms with Gasteiger partial charge >= 0.3 is 0 Å². The molecule has 0 atom stereocenters. The van der Waals surface area contributed by atoms with Crippen LogP contribution in [-0.2, 0) is 9.59 Å². The lowest BCUT2D eigenvalue weighted by Gasteiger charge is -2.33. The molecule has 0 aliphatic heterocycles. The molecule has 0 bridgehead atoms. The van der Waals surface area contributed by atoms with E-state index in [1.165, 1.54) is 0 Å². The van der Waals surface area contributed by atoms with Gasteiger partial charge in [0.05, 0.1) is 0 Å². The smallest absolute Gasteiger partial charge is 0.139 e. The molecule has 0 N–H and O–H groups in total. The molecule has 0 amide bonds. The van der Waals surface area contributed by atoms with Crippen LogP contribution < -0.4 is 0 Å². The molecule has 0 spiro atoms. The Labute approximate surface area is 249 Å². The zero-order valence-corrected chi connectivity index (χ0v) is 27.1. The molecule has 2 nitrogen and oxygen atoms in total. The third kappa shape index (κ3) is 15.0. The molecule has 0 aliphatic carbocycles. The summed E-state index contributed by atoms with van der Waals surface area (Å²) in [6.07, 6.45) is 15.2. The van der Waals surface area contributed by atoms with Crippen LogP contribution >= 0.6 is 75.8 Å². The lowest BCUT2D eigenvalue weighted by Crippen LogP contribution is -2.32. The van der Waals surface area contributed by atoms with Crippen molar-refractivity contribution in [1.82, 2.24) is 0 Å². The zero-order valence-electron chi connectivity index (χ0n) is 21.8. The third-order valence-corrected chi connectivity index (χ3v) is 9.27. The van der Waals surface area contributed by atoms with Gasteiger partial charge in [-0.25, -0.2) is 0 Å². The molecule has 0 aliphatic rings. The maximum absolute atomic E-state index is 13.4. The molecule has 0 saturated carbocycles. The molecule has 208 valence electrons. The van der Waals surface area contributed by atoms with E-state index in [-0.39, 0.29) is 10.8 Å². The minimum Gasteiger partial charge on any atom is -0.299 e. The van der Waals surface area contributed by atoms with Crippen molar-refractivity contribution in [1.29, 1.82) is 0 Å². The fourth-order valence-corrected chi connectivity index (χ4v) is 6.32. The lowest BCUT2D eigenvalue weighted by molar-refractivity contribution is -0.130. The van der Waals surface area contributed by atoms with E-state index in [1.807, 2.05) is 0 Å². The summed E-state index contributed by atoms with van der Waals surface area (Å²) < 4.78 is 0. The number of rotatable bonds is 26. The van der Waals surface area contributed by atoms with Crippen LogP contribution in [0.4, 0.5) is 0 Å². The maximum Gasteiger partial charge on any atom is 0.139 e. The lowest BCUT2D eigenvalue weighted by atomic mass is 9.70. The minimum atomic E-state index is -0.244. The van der Waals surface area contributed by atoms with Crippen LogP contribution in [0.5, 0.6) is 0 Å². The number of ketones is 2. The Hall–Kier alpha value is 1.44. The van der Waals surface area contributed by atoms with E-state index in [2.05, 4.69) is 75.8 Å². The van der Waals surface area contributed by atoms with Gasteiger partial charge in [-0.1, -0.05) is 6.42 Å². The Kier molecular flexibility index (Phi) is 24.3. The van der Waals surface area contributed by atoms with Gasteiger partial charge in [-0.15, -0.1) is 0 Å². The molecule has 8 heteroatoms. The first kappa shape index (κ1) is 36.4. The topological polar surface area (TPSA) is 34.1 Å². The zero-order chi connectivity index (χ0) is 26.4. The highest BCUT2D eigenvalue weighted by atomic mass is 32.1. The average molecular weight is 601 g/mol. The third-order valence-electron chi connectivity index (χ3n) is 7.37. The van der Waals surface area contributed by atoms with Crippen LogP contribution in [0.15, 0.2) is 0 Å². The van der Waals surface area contributed by atoms with Crippen molar-refractivity contribution in [2.24, 2.45) is 10.8 Å². The predicted molar refractivity (Wildman–Crippen MR) is 176 cm³/mol. The van der Waals surface area contributed by atoms with Gasteiger partial charge in [-0.05, 0) is 124 Å². The number of thiol groups is 6. The summed E-state index contributed by atoms with van der Waals surface area (Å²) in [7, 11) is 0. The molecule has 0 aromatic heterocycles. The second-order valence-electron chi connectivity index (χ2n) is 9.93. The summed E-state index contributed by atoms with van der Waals surface area (Å²) in [4.78, 5) is 26.9. The van der Waals surface area contributed by atoms with E-state index in [0.717, 1.165) is 131 Å². The first-order chi connectivity index (χ1) is 16.9. The Bertz CT molecular complexity index is 454. The molecular formula is C27H52O2S6. The molecule has 0 aromatic carbocycles. The van der Waals surface area contributed by atoms with Crippen LogP contribution in [0.1, 0.15) is 109 Å². The van der Waals surface area contributed by atoms with E-state index in [9.17, 15) is 9.59 Å². The quantitative estimate of drug-likeness (QED) is 0.0446. The highest BCUT2D eigenvalue weighted by molar-refractivity contribution is 7.81. The Morgan fingerprint density at radius 1 is 0.371 bits per heavy atom. The van der Waals surface area contributed by atoms with E-state index in [4.69, 9.17) is 0 Å². The monoisotopic (exact) mass is 600 g/mol. The van der Waals surface area contributed by atoms with Gasteiger partial charge in [-0.3, -0.25) is 9.59 Å². The van der Waals surface area contributed by atoms with Crippen LogP contribution in [0.2, 0.25) is 0 Å². The molecule has 0 radical (unpaired) electrons. The summed E-state index contributed by atoms with van der Waals surface area (Å²) >= 11 is 26.4. The van der Waals surface area contributed by atoms with Gasteiger partial charge in [0.25, 0.3) is 0 Å². The maximum atomic E-state index is 13.4. The standard InChI is InChI=1S/C27H52O2S6/c28-24(26(12-4-18-30,13-5-19-31)14-6-20-32)10-2-1-3-11-25(29)27(15-7-21-33,16-8-22-34)17-9-23-35/h30-35H,1-23H2. The van der Waals surface area contributed by atoms with Crippen molar-refractivity contribution in [3.8, 4) is 0 Å². The van der Waals surface area contributed by atoms with E-state index >= 15 is 0 Å². The molecular weight excluding hydrogens is 549 g/mol. The van der Waals surface area contributed by atoms with E-state index < -0.39 is 0 Å². The van der Waals surface area contributed by atoms with Gasteiger partial charge in [-0.2, -0.15) is 75.8 Å². The van der Waals surface area contributed by atoms with E-state index in [1.54, 1.807) is 0 Å². The predicted octanol–water partition coefficient (Wildman–Crippen LogP) is 8.31. The first-order valence-corrected chi connectivity index (χ1v) is 17.4. The summed E-state index contributed by atoms with van der Waals surface area (Å²) in [6.45, 7) is 0. The summed E-state index contributed by atoms with van der Waals surface area (Å²) in [6, 6.07) is 0. The fourth-order valence-electron chi connectivity index (χ4n) is 5.37. The molecule has 0 heterocycles. The van der Waals surface area contributed by atoms with Crippen molar-refractivity contribution in [3.05, 3.63) is 0 Å². The Balaban J connectivity index is 5.00. The van der Waals surface area contributed by atoms with E-state index in [0.29, 0.717) is 24.4 Å². The van der Waals surface area contributed by atoms with Crippen LogP contribution in [0, 0.1) is 10.8 Å². The Morgan fingerprint density at radius 2 is 0.600 bits per heavy atom. The number of unbranched alkanes of at least 4 members (excludes halogenated alkanes) is 2. The molecule has 0 aromatic rings. The number of carbonyl (C=O) groups excluding carboxylic acids is 2. The van der Waals surface area contributed by atoms with Gasteiger partial charge in [0, 0.05) is 23.7 Å². The molecule has 0 saturated heterocycles. The van der Waals surface area contributed by atoms with Crippen LogP contribution in [0.3, 0.4) is 0 Å². The van der Waals surface area contributed by atoms with Gasteiger partial charge < -0.3 is 0 Å². The summed E-state index contributed by atoms with van der Waals surface area (Å²) in [5.74, 6) is 5.69. The highest BCUT2D eigenvalue weighted by Crippen LogP contribution is 2.40. The van der Waals surface area contributed by atoms with Crippen LogP contribution in [-0.4, -0.2) is 46.1 Å². The first-order valence-electron chi connectivity index (χ1n) is 13.6. The van der Waals surface area contributed by atoms with Crippen molar-refractivity contribution in [3.63, 3.8) is 0 Å². The van der Waals surface area contributed by atoms with Gasteiger partial charge in [0.1, 0.15) is 11.6 Å². The second kappa shape index (κ2) is 23.3. The highest BCUT2D eigenvalue weighted by Gasteiger charge is 2.37. The largest absolute Gasteiger partial charge is 0.299 e. The molecule has 0 fully saturated rings. The number of hydrogen-bond acceptors (Lipinski definition) is 8. The number of carbonyl (C=O) groups is 2. The van der Waals surface area contributed by atoms with Gasteiger partial charge in [0.2, 0.25) is 0 Å². The van der Waals surface area contributed by atoms with Crippen LogP contribution in [0.25, 0.3) is 0 Å². The van der Waals surface area contributed by atoms with Crippen molar-refractivity contribution >= 4 is 87.3 Å². The second-order valence-corrected chi connectivity index (χ2v) is 12.6. The SMILES string of the molecule is O=C(CCCCCC(=O)C(CCCS)(CCCS)CCCS)C(CCCS)(CCCS)CCCS. The normalized spacial score (nSPS) is 12.3. The minimum absolute atomic E-state index is 0.244. The molecule has 0 rings (SSSR count). The summed E-state index contributed by atoms with van der Waals surface area (Å²) in [5.41, 5.74) is -0.489. The average Bonchev–Trinajstić information content (AvgIpc) is 2.87. The number of hydrogen-bond donors (Lipinski definition) is 6. The van der Waals surface area contributed by atoms with Crippen molar-refractivity contribution in [2.75, 3.05) is 34.5 Å². The fraction of sp³-hybridized carbons (Fsp3) is 0.926. The van der Waals surface area contributed by atoms with Crippen molar-refractivity contribution in [2.45, 2.75) is 109 Å².